The van der Waals surface area contributed by atoms with E-state index in [4.69, 9.17) is 0 Å². The van der Waals surface area contributed by atoms with Crippen LogP contribution in [0, 0.1) is 0 Å². The fourth-order valence-corrected chi connectivity index (χ4v) is 4.33. The lowest BCUT2D eigenvalue weighted by Crippen LogP contribution is -2.48. The minimum atomic E-state index is -0.697. The first kappa shape index (κ1) is 19.9. The van der Waals surface area contributed by atoms with Crippen LogP contribution in [0.15, 0.2) is 66.7 Å². The third-order valence-corrected chi connectivity index (χ3v) is 6.02. The molecule has 0 heterocycles. The molecule has 0 fully saturated rings. The highest BCUT2D eigenvalue weighted by Gasteiger charge is 2.22. The second kappa shape index (κ2) is 7.43. The third kappa shape index (κ3) is 3.02. The van der Waals surface area contributed by atoms with E-state index in [1.165, 1.54) is 48.7 Å². The van der Waals surface area contributed by atoms with Crippen LogP contribution < -0.4 is 5.32 Å². The zero-order valence-electron chi connectivity index (χ0n) is 16.3. The summed E-state index contributed by atoms with van der Waals surface area (Å²) in [6, 6.07) is 23.9. The zero-order valence-corrected chi connectivity index (χ0v) is 17.1. The van der Waals surface area contributed by atoms with Gasteiger partial charge in [-0.3, -0.25) is 0 Å². The average Bonchev–Trinajstić information content (AvgIpc) is 2.75. The molecule has 4 heteroatoms. The molecule has 0 aliphatic heterocycles. The molecule has 0 amide bonds. The monoisotopic (exact) mass is 405 g/mol. The van der Waals surface area contributed by atoms with Crippen LogP contribution in [0.3, 0.4) is 0 Å². The maximum absolute atomic E-state index is 9.58. The number of rotatable bonds is 5. The van der Waals surface area contributed by atoms with Gasteiger partial charge in [-0.2, -0.15) is 0 Å². The minimum Gasteiger partial charge on any atom is -0.394 e. The Bertz CT molecular complexity index is 1260. The van der Waals surface area contributed by atoms with E-state index < -0.39 is 5.54 Å². The van der Waals surface area contributed by atoms with Gasteiger partial charge in [-0.15, -0.1) is 12.4 Å². The fourth-order valence-electron chi connectivity index (χ4n) is 4.33. The quantitative estimate of drug-likeness (QED) is 0.285. The predicted molar refractivity (Wildman–Crippen MR) is 124 cm³/mol. The van der Waals surface area contributed by atoms with Crippen molar-refractivity contribution in [3.05, 3.63) is 72.3 Å². The summed E-state index contributed by atoms with van der Waals surface area (Å²) in [5.41, 5.74) is 0.470. The van der Waals surface area contributed by atoms with Crippen LogP contribution in [0.4, 0.5) is 0 Å². The summed E-state index contributed by atoms with van der Waals surface area (Å²) in [5, 5.41) is 32.7. The van der Waals surface area contributed by atoms with Gasteiger partial charge < -0.3 is 15.5 Å². The third-order valence-electron chi connectivity index (χ3n) is 6.02. The molecule has 0 spiro atoms. The Hall–Kier alpha value is -2.43. The van der Waals surface area contributed by atoms with E-state index in [-0.39, 0.29) is 25.6 Å². The summed E-state index contributed by atoms with van der Waals surface area (Å²) in [4.78, 5) is 0. The number of aliphatic hydroxyl groups is 2. The maximum Gasteiger partial charge on any atom is 0.0633 e. The second-order valence-electron chi connectivity index (χ2n) is 7.94. The molecular formula is C25H24ClNO2. The van der Waals surface area contributed by atoms with Gasteiger partial charge in [0.2, 0.25) is 0 Å². The van der Waals surface area contributed by atoms with Crippen LogP contribution in [-0.4, -0.2) is 29.0 Å². The number of halogens is 1. The maximum atomic E-state index is 9.58. The van der Waals surface area contributed by atoms with E-state index >= 15 is 0 Å². The molecule has 5 rings (SSSR count). The molecule has 5 aromatic carbocycles. The summed E-state index contributed by atoms with van der Waals surface area (Å²) >= 11 is 0. The van der Waals surface area contributed by atoms with Gasteiger partial charge in [0.1, 0.15) is 0 Å². The van der Waals surface area contributed by atoms with Gasteiger partial charge in [0.25, 0.3) is 0 Å². The van der Waals surface area contributed by atoms with Gasteiger partial charge >= 0.3 is 0 Å². The number of aliphatic hydroxyl groups excluding tert-OH is 2. The molecule has 0 atom stereocenters. The lowest BCUT2D eigenvalue weighted by atomic mass is 9.88. The first-order valence-corrected chi connectivity index (χ1v) is 9.69. The van der Waals surface area contributed by atoms with Crippen molar-refractivity contribution < 1.29 is 10.2 Å². The molecule has 3 nitrogen and oxygen atoms in total. The van der Waals surface area contributed by atoms with Crippen molar-refractivity contribution in [1.82, 2.24) is 5.32 Å². The second-order valence-corrected chi connectivity index (χ2v) is 7.94. The van der Waals surface area contributed by atoms with E-state index in [1.807, 2.05) is 6.92 Å². The summed E-state index contributed by atoms with van der Waals surface area (Å²) in [6.07, 6.45) is 0. The number of fused-ring (bicyclic) bond motifs is 2. The molecule has 0 saturated heterocycles. The van der Waals surface area contributed by atoms with E-state index in [1.54, 1.807) is 0 Å². The van der Waals surface area contributed by atoms with Crippen LogP contribution in [0.25, 0.3) is 43.1 Å². The van der Waals surface area contributed by atoms with E-state index in [2.05, 4.69) is 72.0 Å². The molecule has 0 bridgehead atoms. The van der Waals surface area contributed by atoms with Crippen molar-refractivity contribution in [3.8, 4) is 0 Å². The van der Waals surface area contributed by atoms with Gasteiger partial charge in [-0.25, -0.2) is 0 Å². The number of hydrogen-bond acceptors (Lipinski definition) is 3. The van der Waals surface area contributed by atoms with Gasteiger partial charge in [0.15, 0.2) is 0 Å². The Labute approximate surface area is 175 Å². The van der Waals surface area contributed by atoms with Crippen molar-refractivity contribution in [2.75, 3.05) is 13.2 Å². The van der Waals surface area contributed by atoms with Gasteiger partial charge in [0.05, 0.1) is 18.8 Å². The molecule has 148 valence electrons. The Kier molecular flexibility index (Phi) is 5.09. The largest absolute Gasteiger partial charge is 0.394 e. The van der Waals surface area contributed by atoms with E-state index in [9.17, 15) is 10.2 Å². The van der Waals surface area contributed by atoms with Crippen molar-refractivity contribution in [2.45, 2.75) is 19.0 Å². The molecule has 0 aromatic heterocycles. The highest BCUT2D eigenvalue weighted by molar-refractivity contribution is 6.33. The summed E-state index contributed by atoms with van der Waals surface area (Å²) < 4.78 is 0. The zero-order chi connectivity index (χ0) is 19.3. The fraction of sp³-hybridized carbons (Fsp3) is 0.200. The Morgan fingerprint density at radius 2 is 1.21 bits per heavy atom. The van der Waals surface area contributed by atoms with Gasteiger partial charge in [-0.1, -0.05) is 66.7 Å². The number of benzene rings is 5. The standard InChI is InChI=1S/C25H23NO2.ClH/c1-25(14-27,15-28)26-13-17-11-12-22-20-9-3-6-16-5-2-8-19(23(16)20)21-10-4-7-18(17)24(21)22;/h2-12,26-28H,13-15H2,1H3;1H. The Morgan fingerprint density at radius 1 is 0.690 bits per heavy atom. The molecule has 0 aliphatic rings. The molecule has 0 unspecified atom stereocenters. The van der Waals surface area contributed by atoms with E-state index in [0.29, 0.717) is 6.54 Å². The SMILES string of the molecule is CC(CO)(CO)NCc1ccc2c3cccc4cccc(c5cccc1c52)c43.Cl. The number of nitrogens with one attached hydrogen (secondary N) is 1. The van der Waals surface area contributed by atoms with Crippen LogP contribution >= 0.6 is 12.4 Å². The van der Waals surface area contributed by atoms with Crippen LogP contribution in [-0.2, 0) is 6.54 Å². The first-order valence-electron chi connectivity index (χ1n) is 9.69. The predicted octanol–water partition coefficient (Wildman–Crippen LogP) is 4.99. The minimum absolute atomic E-state index is 0. The molecular weight excluding hydrogens is 382 g/mol. The van der Waals surface area contributed by atoms with E-state index in [0.717, 1.165) is 0 Å². The van der Waals surface area contributed by atoms with Crippen LogP contribution in [0.1, 0.15) is 12.5 Å². The van der Waals surface area contributed by atoms with Crippen molar-refractivity contribution >= 4 is 55.5 Å². The Balaban J connectivity index is 0.00000205. The van der Waals surface area contributed by atoms with Gasteiger partial charge in [0, 0.05) is 6.54 Å². The molecule has 5 aromatic rings. The lowest BCUT2D eigenvalue weighted by molar-refractivity contribution is 0.103. The average molecular weight is 406 g/mol. The number of hydrogen-bond donors (Lipinski definition) is 3. The van der Waals surface area contributed by atoms with Crippen molar-refractivity contribution in [2.24, 2.45) is 0 Å². The first-order chi connectivity index (χ1) is 13.6. The molecule has 0 saturated carbocycles. The van der Waals surface area contributed by atoms with Crippen molar-refractivity contribution in [1.29, 1.82) is 0 Å². The molecule has 0 radical (unpaired) electrons. The highest BCUT2D eigenvalue weighted by Crippen LogP contribution is 2.40. The summed E-state index contributed by atoms with van der Waals surface area (Å²) in [6.45, 7) is 2.19. The lowest BCUT2D eigenvalue weighted by Gasteiger charge is -2.27. The van der Waals surface area contributed by atoms with Crippen LogP contribution in [0.5, 0.6) is 0 Å². The smallest absolute Gasteiger partial charge is 0.0633 e. The molecule has 3 N–H and O–H groups in total. The van der Waals surface area contributed by atoms with Crippen molar-refractivity contribution in [3.63, 3.8) is 0 Å². The van der Waals surface area contributed by atoms with Crippen LogP contribution in [0.2, 0.25) is 0 Å². The Morgan fingerprint density at radius 3 is 1.83 bits per heavy atom. The summed E-state index contributed by atoms with van der Waals surface area (Å²) in [7, 11) is 0. The molecule has 29 heavy (non-hydrogen) atoms. The molecule has 0 aliphatic carbocycles. The highest BCUT2D eigenvalue weighted by atomic mass is 35.5. The van der Waals surface area contributed by atoms with Gasteiger partial charge in [-0.05, 0) is 55.6 Å². The normalized spacial score (nSPS) is 12.2. The summed E-state index contributed by atoms with van der Waals surface area (Å²) in [5.74, 6) is 0. The topological polar surface area (TPSA) is 52.5 Å².